The number of benzene rings is 2. The standard InChI is InChI=1S/C25H20N4O3/c30-24(27-20-5-4-12-26-16-20)11-9-19-17-29(21-6-2-1-3-7-21)28-25(19)18-8-10-22-23(15-18)32-14-13-31-22/h1-12,15-17H,13-14H2,(H,27,30). The van der Waals surface area contributed by atoms with Gasteiger partial charge in [0.1, 0.15) is 18.9 Å². The van der Waals surface area contributed by atoms with E-state index in [9.17, 15) is 4.79 Å². The number of hydrogen-bond donors (Lipinski definition) is 1. The van der Waals surface area contributed by atoms with Crippen molar-refractivity contribution in [2.75, 3.05) is 18.5 Å². The lowest BCUT2D eigenvalue weighted by Gasteiger charge is -2.18. The first kappa shape index (κ1) is 19.6. The molecule has 158 valence electrons. The van der Waals surface area contributed by atoms with Gasteiger partial charge in [-0.2, -0.15) is 5.10 Å². The number of nitrogens with zero attached hydrogens (tertiary/aromatic N) is 3. The third kappa shape index (κ3) is 4.22. The van der Waals surface area contributed by atoms with Crippen molar-refractivity contribution in [2.24, 2.45) is 0 Å². The molecule has 1 N–H and O–H groups in total. The molecule has 7 heteroatoms. The van der Waals surface area contributed by atoms with Crippen LogP contribution in [0, 0.1) is 0 Å². The molecule has 0 spiro atoms. The Hall–Kier alpha value is -4.39. The maximum atomic E-state index is 12.4. The zero-order valence-corrected chi connectivity index (χ0v) is 17.1. The number of nitrogens with one attached hydrogen (secondary N) is 1. The number of fused-ring (bicyclic) bond motifs is 1. The Morgan fingerprint density at radius 2 is 1.84 bits per heavy atom. The first-order valence-electron chi connectivity index (χ1n) is 10.2. The minimum Gasteiger partial charge on any atom is -0.486 e. The first-order chi connectivity index (χ1) is 15.8. The van der Waals surface area contributed by atoms with Gasteiger partial charge in [0.2, 0.25) is 5.91 Å². The van der Waals surface area contributed by atoms with E-state index in [0.717, 1.165) is 28.3 Å². The molecular weight excluding hydrogens is 404 g/mol. The van der Waals surface area contributed by atoms with Crippen LogP contribution in [-0.2, 0) is 4.79 Å². The molecule has 1 aliphatic heterocycles. The van der Waals surface area contributed by atoms with E-state index in [4.69, 9.17) is 14.6 Å². The van der Waals surface area contributed by atoms with Gasteiger partial charge < -0.3 is 14.8 Å². The SMILES string of the molecule is O=C(C=Cc1cn(-c2ccccc2)nc1-c1ccc2c(c1)OCCO2)Nc1cccnc1. The van der Waals surface area contributed by atoms with Crippen LogP contribution >= 0.6 is 0 Å². The fourth-order valence-electron chi connectivity index (χ4n) is 3.42. The van der Waals surface area contributed by atoms with Crippen molar-refractivity contribution in [1.82, 2.24) is 14.8 Å². The second-order valence-corrected chi connectivity index (χ2v) is 7.14. The van der Waals surface area contributed by atoms with E-state index < -0.39 is 0 Å². The van der Waals surface area contributed by atoms with Crippen LogP contribution in [0.2, 0.25) is 0 Å². The molecule has 1 aliphatic rings. The average molecular weight is 424 g/mol. The van der Waals surface area contributed by atoms with Gasteiger partial charge in [-0.1, -0.05) is 18.2 Å². The van der Waals surface area contributed by atoms with Gasteiger partial charge in [0, 0.05) is 29.6 Å². The molecule has 0 unspecified atom stereocenters. The van der Waals surface area contributed by atoms with Crippen LogP contribution in [-0.4, -0.2) is 33.9 Å². The van der Waals surface area contributed by atoms with Crippen molar-refractivity contribution < 1.29 is 14.3 Å². The summed E-state index contributed by atoms with van der Waals surface area (Å²) >= 11 is 0. The maximum Gasteiger partial charge on any atom is 0.248 e. The zero-order valence-electron chi connectivity index (χ0n) is 17.1. The summed E-state index contributed by atoms with van der Waals surface area (Å²) in [6.07, 6.45) is 8.39. The van der Waals surface area contributed by atoms with Crippen molar-refractivity contribution in [2.45, 2.75) is 0 Å². The zero-order chi connectivity index (χ0) is 21.8. The molecule has 0 saturated carbocycles. The van der Waals surface area contributed by atoms with E-state index in [-0.39, 0.29) is 5.91 Å². The summed E-state index contributed by atoms with van der Waals surface area (Å²) in [5, 5.41) is 7.59. The van der Waals surface area contributed by atoms with Gasteiger partial charge in [-0.25, -0.2) is 4.68 Å². The predicted molar refractivity (Wildman–Crippen MR) is 122 cm³/mol. The summed E-state index contributed by atoms with van der Waals surface area (Å²) in [5.41, 5.74) is 3.96. The lowest BCUT2D eigenvalue weighted by atomic mass is 10.1. The van der Waals surface area contributed by atoms with Crippen LogP contribution in [0.15, 0.2) is 85.3 Å². The van der Waals surface area contributed by atoms with Crippen molar-refractivity contribution in [1.29, 1.82) is 0 Å². The van der Waals surface area contributed by atoms with E-state index >= 15 is 0 Å². The number of anilines is 1. The van der Waals surface area contributed by atoms with Crippen LogP contribution in [0.4, 0.5) is 5.69 Å². The van der Waals surface area contributed by atoms with Gasteiger partial charge in [0.25, 0.3) is 0 Å². The lowest BCUT2D eigenvalue weighted by molar-refractivity contribution is -0.111. The van der Waals surface area contributed by atoms with Crippen molar-refractivity contribution in [3.8, 4) is 28.4 Å². The highest BCUT2D eigenvalue weighted by Crippen LogP contribution is 2.35. The number of rotatable bonds is 5. The van der Waals surface area contributed by atoms with E-state index in [1.54, 1.807) is 35.3 Å². The van der Waals surface area contributed by atoms with Gasteiger partial charge in [0.05, 0.1) is 17.6 Å². The quantitative estimate of drug-likeness (QED) is 0.482. The van der Waals surface area contributed by atoms with Crippen molar-refractivity contribution in [3.63, 3.8) is 0 Å². The first-order valence-corrected chi connectivity index (χ1v) is 10.2. The smallest absolute Gasteiger partial charge is 0.248 e. The third-order valence-electron chi connectivity index (χ3n) is 4.92. The highest BCUT2D eigenvalue weighted by atomic mass is 16.6. The fourth-order valence-corrected chi connectivity index (χ4v) is 3.42. The van der Waals surface area contributed by atoms with E-state index in [0.29, 0.717) is 24.7 Å². The number of hydrogen-bond acceptors (Lipinski definition) is 5. The summed E-state index contributed by atoms with van der Waals surface area (Å²) in [6, 6.07) is 19.1. The second kappa shape index (κ2) is 8.77. The van der Waals surface area contributed by atoms with Gasteiger partial charge in [-0.3, -0.25) is 9.78 Å². The Morgan fingerprint density at radius 1 is 1.00 bits per heavy atom. The van der Waals surface area contributed by atoms with Crippen LogP contribution in [0.5, 0.6) is 11.5 Å². The minimum absolute atomic E-state index is 0.251. The molecule has 0 fully saturated rings. The van der Waals surface area contributed by atoms with Crippen molar-refractivity contribution in [3.05, 3.63) is 90.9 Å². The van der Waals surface area contributed by atoms with Crippen LogP contribution < -0.4 is 14.8 Å². The molecule has 2 aromatic carbocycles. The fraction of sp³-hybridized carbons (Fsp3) is 0.0800. The van der Waals surface area contributed by atoms with Gasteiger partial charge in [-0.05, 0) is 48.5 Å². The highest BCUT2D eigenvalue weighted by Gasteiger charge is 2.16. The summed E-state index contributed by atoms with van der Waals surface area (Å²) in [7, 11) is 0. The Balaban J connectivity index is 1.49. The topological polar surface area (TPSA) is 78.3 Å². The molecule has 0 aliphatic carbocycles. The van der Waals surface area contributed by atoms with E-state index in [1.165, 1.54) is 6.08 Å². The summed E-state index contributed by atoms with van der Waals surface area (Å²) < 4.78 is 13.2. The Kier molecular flexibility index (Phi) is 5.36. The average Bonchev–Trinajstić information content (AvgIpc) is 3.28. The number of amides is 1. The van der Waals surface area contributed by atoms with Crippen LogP contribution in [0.1, 0.15) is 5.56 Å². The largest absolute Gasteiger partial charge is 0.486 e. The third-order valence-corrected chi connectivity index (χ3v) is 4.92. The second-order valence-electron chi connectivity index (χ2n) is 7.14. The van der Waals surface area contributed by atoms with Gasteiger partial charge in [0.15, 0.2) is 11.5 Å². The number of pyridine rings is 1. The van der Waals surface area contributed by atoms with Gasteiger partial charge >= 0.3 is 0 Å². The molecule has 3 heterocycles. The van der Waals surface area contributed by atoms with Crippen LogP contribution in [0.25, 0.3) is 23.0 Å². The molecular formula is C25H20N4O3. The Labute approximate surface area is 184 Å². The number of aromatic nitrogens is 3. The normalized spacial score (nSPS) is 12.6. The Morgan fingerprint density at radius 3 is 2.66 bits per heavy atom. The maximum absolute atomic E-state index is 12.4. The molecule has 1 amide bonds. The van der Waals surface area contributed by atoms with Gasteiger partial charge in [-0.15, -0.1) is 0 Å². The minimum atomic E-state index is -0.251. The lowest BCUT2D eigenvalue weighted by Crippen LogP contribution is -2.15. The number of ether oxygens (including phenoxy) is 2. The Bertz CT molecular complexity index is 1270. The molecule has 2 aromatic heterocycles. The highest BCUT2D eigenvalue weighted by molar-refractivity contribution is 6.02. The summed E-state index contributed by atoms with van der Waals surface area (Å²) in [5.74, 6) is 1.15. The number of carbonyl (C=O) groups excluding carboxylic acids is 1. The van der Waals surface area contributed by atoms with E-state index in [2.05, 4.69) is 10.3 Å². The summed E-state index contributed by atoms with van der Waals surface area (Å²) in [4.78, 5) is 16.4. The monoisotopic (exact) mass is 424 g/mol. The van der Waals surface area contributed by atoms with Crippen LogP contribution in [0.3, 0.4) is 0 Å². The number of para-hydroxylation sites is 1. The molecule has 0 saturated heterocycles. The molecule has 0 radical (unpaired) electrons. The molecule has 0 atom stereocenters. The predicted octanol–water partition coefficient (Wildman–Crippen LogP) is 4.36. The van der Waals surface area contributed by atoms with Crippen molar-refractivity contribution >= 4 is 17.7 Å². The van der Waals surface area contributed by atoms with E-state index in [1.807, 2.05) is 54.7 Å². The summed E-state index contributed by atoms with van der Waals surface area (Å²) in [6.45, 7) is 1.05. The number of carbonyl (C=O) groups is 1. The molecule has 4 aromatic rings. The molecule has 0 bridgehead atoms. The molecule has 5 rings (SSSR count). The molecule has 32 heavy (non-hydrogen) atoms. The molecule has 7 nitrogen and oxygen atoms in total.